The van der Waals surface area contributed by atoms with Crippen LogP contribution in [0, 0.1) is 5.92 Å². The van der Waals surface area contributed by atoms with Crippen molar-refractivity contribution in [1.29, 1.82) is 0 Å². The van der Waals surface area contributed by atoms with E-state index in [1.807, 2.05) is 0 Å². The lowest BCUT2D eigenvalue weighted by atomic mass is 9.98. The molecule has 1 aliphatic heterocycles. The predicted molar refractivity (Wildman–Crippen MR) is 76.6 cm³/mol. The lowest BCUT2D eigenvalue weighted by Crippen LogP contribution is -2.32. The molecular formula is C15H16F3N3O. The van der Waals surface area contributed by atoms with Crippen LogP contribution in [-0.4, -0.2) is 22.6 Å². The normalized spacial score (nSPS) is 17.0. The molecule has 7 heteroatoms. The van der Waals surface area contributed by atoms with Crippen molar-refractivity contribution in [3.8, 4) is 0 Å². The van der Waals surface area contributed by atoms with Gasteiger partial charge in [-0.25, -0.2) is 4.98 Å². The Kier molecular flexibility index (Phi) is 3.90. The van der Waals surface area contributed by atoms with Crippen molar-refractivity contribution in [1.82, 2.24) is 14.9 Å². The van der Waals surface area contributed by atoms with Crippen LogP contribution in [0.25, 0.3) is 10.9 Å². The number of hydrogen-bond acceptors (Lipinski definition) is 3. The largest absolute Gasteiger partial charge is 0.433 e. The Bertz CT molecular complexity index is 733. The monoisotopic (exact) mass is 311 g/mol. The molecule has 0 atom stereocenters. The Hall–Kier alpha value is -1.89. The zero-order valence-electron chi connectivity index (χ0n) is 11.9. The molecule has 0 spiro atoms. The number of piperidine rings is 1. The maximum Gasteiger partial charge on any atom is 0.433 e. The molecule has 1 aliphatic rings. The van der Waals surface area contributed by atoms with E-state index in [-0.39, 0.29) is 16.5 Å². The van der Waals surface area contributed by atoms with E-state index < -0.39 is 11.9 Å². The molecule has 0 aromatic carbocycles. The first kappa shape index (κ1) is 15.0. The van der Waals surface area contributed by atoms with Crippen LogP contribution < -0.4 is 10.9 Å². The van der Waals surface area contributed by atoms with Gasteiger partial charge in [0, 0.05) is 12.7 Å². The second kappa shape index (κ2) is 5.72. The fourth-order valence-corrected chi connectivity index (χ4v) is 2.81. The molecule has 3 rings (SSSR count). The molecule has 4 nitrogen and oxygen atoms in total. The topological polar surface area (TPSA) is 46.9 Å². The molecule has 1 N–H and O–H groups in total. The number of fused-ring (bicyclic) bond motifs is 1. The number of hydrogen-bond donors (Lipinski definition) is 1. The zero-order chi connectivity index (χ0) is 15.7. The number of alkyl halides is 3. The van der Waals surface area contributed by atoms with Crippen LogP contribution in [0.2, 0.25) is 0 Å². The molecule has 0 radical (unpaired) electrons. The molecule has 0 amide bonds. The molecular weight excluding hydrogens is 295 g/mol. The summed E-state index contributed by atoms with van der Waals surface area (Å²) in [5.41, 5.74) is -1.17. The van der Waals surface area contributed by atoms with E-state index in [2.05, 4.69) is 10.3 Å². The SMILES string of the molecule is O=c1c2ccc(C(F)(F)F)nc2ccn1CC1CCNCC1. The van der Waals surface area contributed by atoms with Gasteiger partial charge in [-0.3, -0.25) is 4.79 Å². The van der Waals surface area contributed by atoms with Gasteiger partial charge in [0.15, 0.2) is 0 Å². The molecule has 2 aromatic rings. The molecule has 0 aliphatic carbocycles. The fourth-order valence-electron chi connectivity index (χ4n) is 2.81. The number of rotatable bonds is 2. The Labute approximate surface area is 125 Å². The third-order valence-electron chi connectivity index (χ3n) is 4.03. The van der Waals surface area contributed by atoms with Gasteiger partial charge in [0.2, 0.25) is 0 Å². The van der Waals surface area contributed by atoms with E-state index in [1.54, 1.807) is 10.8 Å². The van der Waals surface area contributed by atoms with Crippen molar-refractivity contribution in [3.05, 3.63) is 40.4 Å². The number of pyridine rings is 2. The summed E-state index contributed by atoms with van der Waals surface area (Å²) in [7, 11) is 0. The molecule has 1 fully saturated rings. The highest BCUT2D eigenvalue weighted by molar-refractivity contribution is 5.77. The number of aromatic nitrogens is 2. The second-order valence-corrected chi connectivity index (χ2v) is 5.59. The summed E-state index contributed by atoms with van der Waals surface area (Å²) >= 11 is 0. The molecule has 0 bridgehead atoms. The average Bonchev–Trinajstić information content (AvgIpc) is 2.50. The summed E-state index contributed by atoms with van der Waals surface area (Å²) in [4.78, 5) is 15.9. The standard InChI is InChI=1S/C15H16F3N3O/c16-15(17,18)13-2-1-11-12(20-13)5-8-21(14(11)22)9-10-3-6-19-7-4-10/h1-2,5,8,10,19H,3-4,6-7,9H2. The number of nitrogens with zero attached hydrogens (tertiary/aromatic N) is 2. The van der Waals surface area contributed by atoms with E-state index in [1.165, 1.54) is 12.1 Å². The van der Waals surface area contributed by atoms with Crippen LogP contribution in [0.3, 0.4) is 0 Å². The van der Waals surface area contributed by atoms with Gasteiger partial charge in [-0.1, -0.05) is 0 Å². The van der Waals surface area contributed by atoms with Gasteiger partial charge in [-0.15, -0.1) is 0 Å². The Morgan fingerprint density at radius 3 is 2.64 bits per heavy atom. The van der Waals surface area contributed by atoms with Crippen LogP contribution in [0.4, 0.5) is 13.2 Å². The molecule has 0 unspecified atom stereocenters. The quantitative estimate of drug-likeness (QED) is 0.926. The fraction of sp³-hybridized carbons (Fsp3) is 0.467. The molecule has 3 heterocycles. The first-order valence-electron chi connectivity index (χ1n) is 7.23. The second-order valence-electron chi connectivity index (χ2n) is 5.59. The maximum atomic E-state index is 12.7. The van der Waals surface area contributed by atoms with Crippen LogP contribution in [-0.2, 0) is 12.7 Å². The van der Waals surface area contributed by atoms with Gasteiger partial charge in [0.25, 0.3) is 5.56 Å². The summed E-state index contributed by atoms with van der Waals surface area (Å²) in [5, 5.41) is 3.49. The Morgan fingerprint density at radius 1 is 1.23 bits per heavy atom. The highest BCUT2D eigenvalue weighted by atomic mass is 19.4. The van der Waals surface area contributed by atoms with E-state index in [0.29, 0.717) is 12.5 Å². The minimum absolute atomic E-state index is 0.0846. The van der Waals surface area contributed by atoms with Crippen molar-refractivity contribution in [2.75, 3.05) is 13.1 Å². The van der Waals surface area contributed by atoms with Crippen molar-refractivity contribution in [2.45, 2.75) is 25.6 Å². The predicted octanol–water partition coefficient (Wildman–Crippen LogP) is 2.41. The molecule has 22 heavy (non-hydrogen) atoms. The zero-order valence-corrected chi connectivity index (χ0v) is 11.9. The van der Waals surface area contributed by atoms with Gasteiger partial charge >= 0.3 is 6.18 Å². The molecule has 2 aromatic heterocycles. The van der Waals surface area contributed by atoms with Gasteiger partial charge in [-0.05, 0) is 50.0 Å². The lowest BCUT2D eigenvalue weighted by Gasteiger charge is -2.23. The summed E-state index contributed by atoms with van der Waals surface area (Å²) in [5.74, 6) is 0.416. The van der Waals surface area contributed by atoms with Crippen LogP contribution in [0.1, 0.15) is 18.5 Å². The molecule has 118 valence electrons. The first-order chi connectivity index (χ1) is 10.4. The van der Waals surface area contributed by atoms with E-state index in [0.717, 1.165) is 32.0 Å². The van der Waals surface area contributed by atoms with E-state index >= 15 is 0 Å². The minimum Gasteiger partial charge on any atom is -0.317 e. The van der Waals surface area contributed by atoms with Gasteiger partial charge in [0.05, 0.1) is 10.9 Å². The number of halogens is 3. The first-order valence-corrected chi connectivity index (χ1v) is 7.23. The maximum absolute atomic E-state index is 12.7. The van der Waals surface area contributed by atoms with Crippen molar-refractivity contribution in [3.63, 3.8) is 0 Å². The van der Waals surface area contributed by atoms with Crippen LogP contribution >= 0.6 is 0 Å². The highest BCUT2D eigenvalue weighted by Crippen LogP contribution is 2.28. The van der Waals surface area contributed by atoms with E-state index in [9.17, 15) is 18.0 Å². The third kappa shape index (κ3) is 2.99. The summed E-state index contributed by atoms with van der Waals surface area (Å²) in [6, 6.07) is 3.55. The number of nitrogens with one attached hydrogen (secondary N) is 1. The van der Waals surface area contributed by atoms with Gasteiger partial charge < -0.3 is 9.88 Å². The Morgan fingerprint density at radius 2 is 1.95 bits per heavy atom. The smallest absolute Gasteiger partial charge is 0.317 e. The summed E-state index contributed by atoms with van der Waals surface area (Å²) in [6.07, 6.45) is -0.969. The molecule has 0 saturated carbocycles. The highest BCUT2D eigenvalue weighted by Gasteiger charge is 2.32. The van der Waals surface area contributed by atoms with Crippen LogP contribution in [0.15, 0.2) is 29.2 Å². The van der Waals surface area contributed by atoms with Gasteiger partial charge in [-0.2, -0.15) is 13.2 Å². The Balaban J connectivity index is 1.94. The van der Waals surface area contributed by atoms with E-state index in [4.69, 9.17) is 0 Å². The van der Waals surface area contributed by atoms with Gasteiger partial charge in [0.1, 0.15) is 5.69 Å². The third-order valence-corrected chi connectivity index (χ3v) is 4.03. The summed E-state index contributed by atoms with van der Waals surface area (Å²) < 4.78 is 39.5. The average molecular weight is 311 g/mol. The molecule has 1 saturated heterocycles. The summed E-state index contributed by atoms with van der Waals surface area (Å²) in [6.45, 7) is 2.46. The van der Waals surface area contributed by atoms with Crippen LogP contribution in [0.5, 0.6) is 0 Å². The van der Waals surface area contributed by atoms with Crippen molar-refractivity contribution in [2.24, 2.45) is 5.92 Å². The lowest BCUT2D eigenvalue weighted by molar-refractivity contribution is -0.140. The van der Waals surface area contributed by atoms with Crippen molar-refractivity contribution >= 4 is 10.9 Å². The minimum atomic E-state index is -4.50. The van der Waals surface area contributed by atoms with Crippen molar-refractivity contribution < 1.29 is 13.2 Å².